The lowest BCUT2D eigenvalue weighted by Gasteiger charge is -2.14. The van der Waals surface area contributed by atoms with Crippen LogP contribution in [0.1, 0.15) is 25.7 Å². The van der Waals surface area contributed by atoms with Gasteiger partial charge in [0.05, 0.1) is 30.7 Å². The van der Waals surface area contributed by atoms with E-state index >= 15 is 0 Å². The van der Waals surface area contributed by atoms with Crippen molar-refractivity contribution in [3.05, 3.63) is 52.6 Å². The molecule has 1 aliphatic carbocycles. The van der Waals surface area contributed by atoms with Crippen molar-refractivity contribution in [2.45, 2.75) is 31.8 Å². The van der Waals surface area contributed by atoms with E-state index in [-0.39, 0.29) is 24.0 Å². The predicted octanol–water partition coefficient (Wildman–Crippen LogP) is 3.98. The molecule has 1 aliphatic rings. The highest BCUT2D eigenvalue weighted by Gasteiger charge is 2.18. The van der Waals surface area contributed by atoms with Gasteiger partial charge < -0.3 is 20.1 Å². The van der Waals surface area contributed by atoms with Crippen LogP contribution in [0.2, 0.25) is 0 Å². The Morgan fingerprint density at radius 1 is 1.18 bits per heavy atom. The minimum Gasteiger partial charge on any atom is -0.496 e. The quantitative estimate of drug-likeness (QED) is 0.526. The number of hydrogen-bond acceptors (Lipinski definition) is 6. The molecule has 8 heteroatoms. The van der Waals surface area contributed by atoms with Gasteiger partial charge in [-0.2, -0.15) is 0 Å². The molecular weight excluding hydrogens is 362 g/mol. The molecule has 28 heavy (non-hydrogen) atoms. The minimum atomic E-state index is -0.560. The van der Waals surface area contributed by atoms with E-state index in [9.17, 15) is 14.9 Å². The highest BCUT2D eigenvalue weighted by atomic mass is 16.6. The number of rotatable bonds is 8. The molecule has 2 aromatic carbocycles. The number of carbonyl (C=O) groups is 1. The average molecular weight is 385 g/mol. The molecule has 0 heterocycles. The molecule has 3 rings (SSSR count). The van der Waals surface area contributed by atoms with Gasteiger partial charge in [0.2, 0.25) is 5.91 Å². The van der Waals surface area contributed by atoms with Crippen molar-refractivity contribution in [3.63, 3.8) is 0 Å². The summed E-state index contributed by atoms with van der Waals surface area (Å²) in [6, 6.07) is 11.7. The first kappa shape index (κ1) is 19.5. The number of nitrogens with zero attached hydrogens (tertiary/aromatic N) is 1. The molecule has 0 spiro atoms. The summed E-state index contributed by atoms with van der Waals surface area (Å²) < 4.78 is 10.9. The summed E-state index contributed by atoms with van der Waals surface area (Å²) in [5, 5.41) is 16.8. The summed E-state index contributed by atoms with van der Waals surface area (Å²) in [6.07, 6.45) is 4.79. The van der Waals surface area contributed by atoms with E-state index in [1.165, 1.54) is 32.1 Å². The van der Waals surface area contributed by atoms with Crippen LogP contribution in [0.5, 0.6) is 11.5 Å². The summed E-state index contributed by atoms with van der Waals surface area (Å²) >= 11 is 0. The monoisotopic (exact) mass is 385 g/mol. The van der Waals surface area contributed by atoms with Gasteiger partial charge in [-0.3, -0.25) is 14.9 Å². The summed E-state index contributed by atoms with van der Waals surface area (Å²) in [5.74, 6) is 0.723. The molecule has 0 atom stereocenters. The van der Waals surface area contributed by atoms with Gasteiger partial charge in [0.25, 0.3) is 5.69 Å². The molecule has 0 aliphatic heterocycles. The van der Waals surface area contributed by atoms with Crippen LogP contribution >= 0.6 is 0 Å². The molecule has 1 fully saturated rings. The fraction of sp³-hybridized carbons (Fsp3) is 0.350. The Morgan fingerprint density at radius 3 is 2.68 bits per heavy atom. The zero-order valence-electron chi connectivity index (χ0n) is 15.6. The number of hydrogen-bond donors (Lipinski definition) is 2. The fourth-order valence-electron chi connectivity index (χ4n) is 3.15. The number of ether oxygens (including phenoxy) is 2. The number of nitro benzene ring substituents is 1. The lowest BCUT2D eigenvalue weighted by atomic mass is 10.2. The van der Waals surface area contributed by atoms with Gasteiger partial charge in [-0.15, -0.1) is 0 Å². The maximum atomic E-state index is 12.2. The second-order valence-corrected chi connectivity index (χ2v) is 6.59. The van der Waals surface area contributed by atoms with Crippen LogP contribution in [0.4, 0.5) is 17.1 Å². The van der Waals surface area contributed by atoms with Gasteiger partial charge in [-0.1, -0.05) is 6.07 Å². The van der Waals surface area contributed by atoms with Gasteiger partial charge in [-0.25, -0.2) is 0 Å². The van der Waals surface area contributed by atoms with Gasteiger partial charge in [0.1, 0.15) is 17.2 Å². The third-order valence-corrected chi connectivity index (χ3v) is 4.57. The second-order valence-electron chi connectivity index (χ2n) is 6.59. The van der Waals surface area contributed by atoms with Crippen molar-refractivity contribution in [2.75, 3.05) is 24.3 Å². The number of anilines is 2. The molecule has 1 amide bonds. The fourth-order valence-corrected chi connectivity index (χ4v) is 3.15. The van der Waals surface area contributed by atoms with Crippen molar-refractivity contribution in [2.24, 2.45) is 0 Å². The summed E-state index contributed by atoms with van der Waals surface area (Å²) in [6.45, 7) is -0.0317. The Labute approximate surface area is 163 Å². The summed E-state index contributed by atoms with van der Waals surface area (Å²) in [5.41, 5.74) is 0.644. The molecule has 2 N–H and O–H groups in total. The minimum absolute atomic E-state index is 0.0317. The average Bonchev–Trinajstić information content (AvgIpc) is 3.20. The van der Waals surface area contributed by atoms with Crippen LogP contribution in [-0.2, 0) is 4.79 Å². The van der Waals surface area contributed by atoms with Crippen LogP contribution in [0, 0.1) is 10.1 Å². The van der Waals surface area contributed by atoms with E-state index in [2.05, 4.69) is 10.6 Å². The Kier molecular flexibility index (Phi) is 6.31. The van der Waals surface area contributed by atoms with Gasteiger partial charge in [0.15, 0.2) is 0 Å². The lowest BCUT2D eigenvalue weighted by Crippen LogP contribution is -2.22. The van der Waals surface area contributed by atoms with Gasteiger partial charge in [0, 0.05) is 11.8 Å². The lowest BCUT2D eigenvalue weighted by molar-refractivity contribution is -0.384. The SMILES string of the molecule is COc1ccc(NC(=O)CNc2cccc(OC3CCCC3)c2)c([N+](=O)[O-])c1. The molecule has 2 aromatic rings. The third-order valence-electron chi connectivity index (χ3n) is 4.57. The van der Waals surface area contributed by atoms with E-state index < -0.39 is 10.8 Å². The summed E-state index contributed by atoms with van der Waals surface area (Å²) in [7, 11) is 1.42. The van der Waals surface area contributed by atoms with Crippen LogP contribution in [0.3, 0.4) is 0 Å². The summed E-state index contributed by atoms with van der Waals surface area (Å²) in [4.78, 5) is 22.9. The highest BCUT2D eigenvalue weighted by molar-refractivity contribution is 5.95. The molecule has 0 radical (unpaired) electrons. The first-order valence-electron chi connectivity index (χ1n) is 9.18. The first-order valence-corrected chi connectivity index (χ1v) is 9.18. The number of methoxy groups -OCH3 is 1. The molecule has 148 valence electrons. The van der Waals surface area contributed by atoms with E-state index in [0.29, 0.717) is 5.75 Å². The maximum Gasteiger partial charge on any atom is 0.296 e. The van der Waals surface area contributed by atoms with Gasteiger partial charge >= 0.3 is 0 Å². The first-order chi connectivity index (χ1) is 13.5. The Bertz CT molecular complexity index is 849. The smallest absolute Gasteiger partial charge is 0.296 e. The number of nitro groups is 1. The van der Waals surface area contributed by atoms with Crippen LogP contribution in [0.15, 0.2) is 42.5 Å². The number of benzene rings is 2. The van der Waals surface area contributed by atoms with E-state index in [0.717, 1.165) is 24.3 Å². The molecule has 0 bridgehead atoms. The standard InChI is InChI=1S/C20H23N3O5/c1-27-16-9-10-18(19(12-16)23(25)26)22-20(24)13-21-14-5-4-8-17(11-14)28-15-6-2-3-7-15/h4-5,8-12,15,21H,2-3,6-7,13H2,1H3,(H,22,24). The molecule has 8 nitrogen and oxygen atoms in total. The normalized spacial score (nSPS) is 13.8. The van der Waals surface area contributed by atoms with E-state index in [1.54, 1.807) is 6.07 Å². The molecule has 0 aromatic heterocycles. The largest absolute Gasteiger partial charge is 0.496 e. The molecule has 0 unspecified atom stereocenters. The van der Waals surface area contributed by atoms with Gasteiger partial charge in [-0.05, 0) is 49.9 Å². The zero-order chi connectivity index (χ0) is 19.9. The highest BCUT2D eigenvalue weighted by Crippen LogP contribution is 2.29. The second kappa shape index (κ2) is 9.07. The van der Waals surface area contributed by atoms with E-state index in [4.69, 9.17) is 9.47 Å². The topological polar surface area (TPSA) is 103 Å². The number of carbonyl (C=O) groups excluding carboxylic acids is 1. The van der Waals surface area contributed by atoms with Crippen molar-refractivity contribution in [1.82, 2.24) is 0 Å². The Morgan fingerprint density at radius 2 is 1.96 bits per heavy atom. The van der Waals surface area contributed by atoms with E-state index in [1.807, 2.05) is 24.3 Å². The van der Waals surface area contributed by atoms with Crippen LogP contribution in [-0.4, -0.2) is 30.6 Å². The Balaban J connectivity index is 1.58. The van der Waals surface area contributed by atoms with Crippen molar-refractivity contribution < 1.29 is 19.2 Å². The molecule has 1 saturated carbocycles. The third kappa shape index (κ3) is 5.12. The number of nitrogens with one attached hydrogen (secondary N) is 2. The zero-order valence-corrected chi connectivity index (χ0v) is 15.6. The van der Waals surface area contributed by atoms with Crippen LogP contribution < -0.4 is 20.1 Å². The van der Waals surface area contributed by atoms with Crippen molar-refractivity contribution in [1.29, 1.82) is 0 Å². The number of amides is 1. The van der Waals surface area contributed by atoms with Crippen molar-refractivity contribution >= 4 is 23.0 Å². The Hall–Kier alpha value is -3.29. The molecular formula is C20H23N3O5. The predicted molar refractivity (Wildman–Crippen MR) is 106 cm³/mol. The molecule has 0 saturated heterocycles. The van der Waals surface area contributed by atoms with Crippen LogP contribution in [0.25, 0.3) is 0 Å². The van der Waals surface area contributed by atoms with Crippen molar-refractivity contribution in [3.8, 4) is 11.5 Å². The maximum absolute atomic E-state index is 12.2.